The van der Waals surface area contributed by atoms with Gasteiger partial charge in [-0.15, -0.1) is 0 Å². The Balaban J connectivity index is 3.26. The molecule has 0 aromatic rings. The second kappa shape index (κ2) is 9.00. The van der Waals surface area contributed by atoms with Gasteiger partial charge in [-0.05, 0) is 13.3 Å². The third-order valence-corrected chi connectivity index (χ3v) is 1.98. The maximum atomic E-state index is 10.8. The zero-order chi connectivity index (χ0) is 10.8. The highest BCUT2D eigenvalue weighted by atomic mass is 16.5. The summed E-state index contributed by atoms with van der Waals surface area (Å²) in [4.78, 5) is 10.8. The van der Waals surface area contributed by atoms with Gasteiger partial charge in [0, 0.05) is 19.4 Å². The first-order valence-corrected chi connectivity index (χ1v) is 5.47. The first kappa shape index (κ1) is 13.4. The smallest absolute Gasteiger partial charge is 0.305 e. The minimum Gasteiger partial charge on any atom is -0.466 e. The van der Waals surface area contributed by atoms with Gasteiger partial charge < -0.3 is 9.47 Å². The van der Waals surface area contributed by atoms with Crippen molar-refractivity contribution in [3.8, 4) is 0 Å². The highest BCUT2D eigenvalue weighted by Gasteiger charge is 2.03. The van der Waals surface area contributed by atoms with E-state index in [0.717, 1.165) is 25.9 Å². The fraction of sp³-hybridized carbons (Fsp3) is 0.909. The van der Waals surface area contributed by atoms with Crippen molar-refractivity contribution in [2.45, 2.75) is 52.6 Å². The van der Waals surface area contributed by atoms with Crippen LogP contribution in [0.3, 0.4) is 0 Å². The molecule has 0 N–H and O–H groups in total. The van der Waals surface area contributed by atoms with Crippen LogP contribution in [0, 0.1) is 0 Å². The molecule has 0 saturated carbocycles. The molecule has 0 aromatic carbocycles. The fourth-order valence-electron chi connectivity index (χ4n) is 0.953. The summed E-state index contributed by atoms with van der Waals surface area (Å²) in [6, 6.07) is 0. The Labute approximate surface area is 86.8 Å². The van der Waals surface area contributed by atoms with Gasteiger partial charge in [0.05, 0.1) is 12.7 Å². The molecule has 0 spiro atoms. The lowest BCUT2D eigenvalue weighted by molar-refractivity contribution is -0.144. The SMILES string of the molecule is CCCCOC(C)CCOC(=O)CC. The second-order valence-electron chi connectivity index (χ2n) is 3.40. The van der Waals surface area contributed by atoms with Gasteiger partial charge in [0.2, 0.25) is 0 Å². The summed E-state index contributed by atoms with van der Waals surface area (Å²) in [5, 5.41) is 0. The minimum absolute atomic E-state index is 0.134. The molecule has 3 heteroatoms. The summed E-state index contributed by atoms with van der Waals surface area (Å²) in [5.41, 5.74) is 0. The number of rotatable bonds is 8. The zero-order valence-electron chi connectivity index (χ0n) is 9.54. The quantitative estimate of drug-likeness (QED) is 0.448. The Bertz CT molecular complexity index is 145. The lowest BCUT2D eigenvalue weighted by atomic mass is 10.3. The summed E-state index contributed by atoms with van der Waals surface area (Å²) < 4.78 is 10.5. The highest BCUT2D eigenvalue weighted by molar-refractivity contribution is 5.68. The summed E-state index contributed by atoms with van der Waals surface area (Å²) in [5.74, 6) is -0.134. The lowest BCUT2D eigenvalue weighted by Gasteiger charge is -2.12. The van der Waals surface area contributed by atoms with E-state index in [4.69, 9.17) is 9.47 Å². The van der Waals surface area contributed by atoms with E-state index >= 15 is 0 Å². The molecule has 0 aromatic heterocycles. The van der Waals surface area contributed by atoms with Crippen molar-refractivity contribution in [1.29, 1.82) is 0 Å². The van der Waals surface area contributed by atoms with Gasteiger partial charge in [-0.2, -0.15) is 0 Å². The average Bonchev–Trinajstić information content (AvgIpc) is 2.18. The number of hydrogen-bond acceptors (Lipinski definition) is 3. The van der Waals surface area contributed by atoms with E-state index in [1.165, 1.54) is 0 Å². The normalized spacial score (nSPS) is 12.5. The number of unbranched alkanes of at least 4 members (excludes halogenated alkanes) is 1. The summed E-state index contributed by atoms with van der Waals surface area (Å²) in [7, 11) is 0. The fourth-order valence-corrected chi connectivity index (χ4v) is 0.953. The van der Waals surface area contributed by atoms with Crippen LogP contribution in [0.5, 0.6) is 0 Å². The van der Waals surface area contributed by atoms with E-state index in [0.29, 0.717) is 13.0 Å². The van der Waals surface area contributed by atoms with Crippen LogP contribution in [0.1, 0.15) is 46.5 Å². The van der Waals surface area contributed by atoms with Crippen LogP contribution < -0.4 is 0 Å². The van der Waals surface area contributed by atoms with Crippen molar-refractivity contribution in [2.24, 2.45) is 0 Å². The molecule has 0 fully saturated rings. The van der Waals surface area contributed by atoms with E-state index in [1.807, 2.05) is 6.92 Å². The molecule has 1 atom stereocenters. The molecule has 3 nitrogen and oxygen atoms in total. The molecule has 0 aliphatic heterocycles. The first-order chi connectivity index (χ1) is 6.70. The van der Waals surface area contributed by atoms with Crippen LogP contribution in [0.25, 0.3) is 0 Å². The van der Waals surface area contributed by atoms with Gasteiger partial charge in [0.1, 0.15) is 0 Å². The van der Waals surface area contributed by atoms with Crippen molar-refractivity contribution in [3.05, 3.63) is 0 Å². The first-order valence-electron chi connectivity index (χ1n) is 5.47. The Morgan fingerprint density at radius 1 is 1.29 bits per heavy atom. The van der Waals surface area contributed by atoms with Crippen molar-refractivity contribution in [3.63, 3.8) is 0 Å². The van der Waals surface area contributed by atoms with Crippen LogP contribution in [0.15, 0.2) is 0 Å². The van der Waals surface area contributed by atoms with Crippen LogP contribution in [0.2, 0.25) is 0 Å². The van der Waals surface area contributed by atoms with Gasteiger partial charge in [0.15, 0.2) is 0 Å². The molecule has 0 amide bonds. The third kappa shape index (κ3) is 8.05. The van der Waals surface area contributed by atoms with E-state index in [-0.39, 0.29) is 12.1 Å². The number of carbonyl (C=O) groups is 1. The van der Waals surface area contributed by atoms with E-state index < -0.39 is 0 Å². The van der Waals surface area contributed by atoms with Crippen LogP contribution in [0.4, 0.5) is 0 Å². The number of carbonyl (C=O) groups excluding carboxylic acids is 1. The predicted octanol–water partition coefficient (Wildman–Crippen LogP) is 2.53. The van der Waals surface area contributed by atoms with Crippen molar-refractivity contribution in [1.82, 2.24) is 0 Å². The number of esters is 1. The Morgan fingerprint density at radius 3 is 2.57 bits per heavy atom. The third-order valence-electron chi connectivity index (χ3n) is 1.98. The largest absolute Gasteiger partial charge is 0.466 e. The van der Waals surface area contributed by atoms with Crippen LogP contribution >= 0.6 is 0 Å². The molecule has 0 aliphatic rings. The molecule has 0 bridgehead atoms. The van der Waals surface area contributed by atoms with Gasteiger partial charge in [0.25, 0.3) is 0 Å². The van der Waals surface area contributed by atoms with Crippen molar-refractivity contribution >= 4 is 5.97 Å². The van der Waals surface area contributed by atoms with Gasteiger partial charge >= 0.3 is 5.97 Å². The predicted molar refractivity (Wildman–Crippen MR) is 56.2 cm³/mol. The van der Waals surface area contributed by atoms with Crippen LogP contribution in [-0.4, -0.2) is 25.3 Å². The molecule has 0 heterocycles. The van der Waals surface area contributed by atoms with E-state index in [2.05, 4.69) is 6.92 Å². The molecule has 14 heavy (non-hydrogen) atoms. The topological polar surface area (TPSA) is 35.5 Å². The minimum atomic E-state index is -0.134. The van der Waals surface area contributed by atoms with E-state index in [1.54, 1.807) is 6.92 Å². The van der Waals surface area contributed by atoms with Crippen LogP contribution in [-0.2, 0) is 14.3 Å². The molecular weight excluding hydrogens is 180 g/mol. The monoisotopic (exact) mass is 202 g/mol. The maximum Gasteiger partial charge on any atom is 0.305 e. The summed E-state index contributed by atoms with van der Waals surface area (Å²) >= 11 is 0. The van der Waals surface area contributed by atoms with Gasteiger partial charge in [-0.1, -0.05) is 20.3 Å². The standard InChI is InChI=1S/C11H22O3/c1-4-6-8-13-10(3)7-9-14-11(12)5-2/h10H,4-9H2,1-3H3. The van der Waals surface area contributed by atoms with Gasteiger partial charge in [-0.3, -0.25) is 4.79 Å². The lowest BCUT2D eigenvalue weighted by Crippen LogP contribution is -2.14. The second-order valence-corrected chi connectivity index (χ2v) is 3.40. The Morgan fingerprint density at radius 2 is 2.00 bits per heavy atom. The number of hydrogen-bond donors (Lipinski definition) is 0. The maximum absolute atomic E-state index is 10.8. The summed E-state index contributed by atoms with van der Waals surface area (Å²) in [6.07, 6.45) is 3.67. The molecule has 0 rings (SSSR count). The Hall–Kier alpha value is -0.570. The molecular formula is C11H22O3. The highest BCUT2D eigenvalue weighted by Crippen LogP contribution is 2.00. The average molecular weight is 202 g/mol. The van der Waals surface area contributed by atoms with E-state index in [9.17, 15) is 4.79 Å². The van der Waals surface area contributed by atoms with Crippen molar-refractivity contribution < 1.29 is 14.3 Å². The molecule has 0 aliphatic carbocycles. The van der Waals surface area contributed by atoms with Gasteiger partial charge in [-0.25, -0.2) is 0 Å². The number of ether oxygens (including phenoxy) is 2. The van der Waals surface area contributed by atoms with Crippen molar-refractivity contribution in [2.75, 3.05) is 13.2 Å². The molecule has 1 unspecified atom stereocenters. The summed E-state index contributed by atoms with van der Waals surface area (Å²) in [6.45, 7) is 7.22. The molecule has 0 saturated heterocycles. The molecule has 0 radical (unpaired) electrons. The Kier molecular flexibility index (Phi) is 8.64. The zero-order valence-corrected chi connectivity index (χ0v) is 9.54. The molecule has 84 valence electrons.